The van der Waals surface area contributed by atoms with Crippen LogP contribution < -0.4 is 4.90 Å². The largest absolute Gasteiger partial charge is 0.328 e. The van der Waals surface area contributed by atoms with E-state index in [4.69, 9.17) is 0 Å². The standard InChI is InChI=1S/C19H25FN8/c20-14-6-7-18-17(12-14)21-24-27(18)16-8-10-26(11-9-16)13-19-22-23-25-28(19)15-4-2-1-3-5-15/h6-7,12,15-16H,1-5,8-11,13H2/p+1. The molecular weight excluding hydrogens is 359 g/mol. The van der Waals surface area contributed by atoms with Crippen LogP contribution in [-0.4, -0.2) is 48.3 Å². The molecule has 2 fully saturated rings. The van der Waals surface area contributed by atoms with Crippen LogP contribution in [0.5, 0.6) is 0 Å². The molecule has 3 heterocycles. The Morgan fingerprint density at radius 2 is 1.71 bits per heavy atom. The van der Waals surface area contributed by atoms with Crippen LogP contribution in [0.15, 0.2) is 18.2 Å². The minimum atomic E-state index is -0.269. The summed E-state index contributed by atoms with van der Waals surface area (Å²) >= 11 is 0. The lowest BCUT2D eigenvalue weighted by Crippen LogP contribution is -3.11. The van der Waals surface area contributed by atoms with E-state index in [9.17, 15) is 4.39 Å². The topological polar surface area (TPSA) is 78.8 Å². The summed E-state index contributed by atoms with van der Waals surface area (Å²) in [6.45, 7) is 2.97. The zero-order valence-electron chi connectivity index (χ0n) is 16.0. The van der Waals surface area contributed by atoms with Crippen LogP contribution in [0, 0.1) is 5.82 Å². The Bertz CT molecular complexity index is 936. The van der Waals surface area contributed by atoms with Gasteiger partial charge in [0.25, 0.3) is 0 Å². The van der Waals surface area contributed by atoms with Crippen LogP contribution in [0.3, 0.4) is 0 Å². The summed E-state index contributed by atoms with van der Waals surface area (Å²) in [5.41, 5.74) is 1.54. The molecule has 28 heavy (non-hydrogen) atoms. The fraction of sp³-hybridized carbons (Fsp3) is 0.632. The molecule has 5 rings (SSSR count). The third-order valence-electron chi connectivity index (χ3n) is 6.33. The predicted molar refractivity (Wildman–Crippen MR) is 100 cm³/mol. The Morgan fingerprint density at radius 1 is 0.929 bits per heavy atom. The van der Waals surface area contributed by atoms with Gasteiger partial charge in [-0.15, -0.1) is 10.2 Å². The number of aromatic nitrogens is 7. The van der Waals surface area contributed by atoms with E-state index in [-0.39, 0.29) is 5.82 Å². The molecule has 8 nitrogen and oxygen atoms in total. The highest BCUT2D eigenvalue weighted by Crippen LogP contribution is 2.28. The highest BCUT2D eigenvalue weighted by atomic mass is 19.1. The number of fused-ring (bicyclic) bond motifs is 1. The van der Waals surface area contributed by atoms with E-state index in [1.165, 1.54) is 49.1 Å². The maximum atomic E-state index is 13.4. The molecule has 0 amide bonds. The third kappa shape index (κ3) is 3.39. The van der Waals surface area contributed by atoms with Crippen molar-refractivity contribution in [1.29, 1.82) is 0 Å². The second kappa shape index (κ2) is 7.54. The average molecular weight is 385 g/mol. The fourth-order valence-electron chi connectivity index (χ4n) is 4.78. The number of hydrogen-bond acceptors (Lipinski definition) is 5. The summed E-state index contributed by atoms with van der Waals surface area (Å²) in [6.07, 6.45) is 8.31. The molecule has 1 saturated carbocycles. The zero-order valence-corrected chi connectivity index (χ0v) is 16.0. The van der Waals surface area contributed by atoms with Crippen LogP contribution >= 0.6 is 0 Å². The van der Waals surface area contributed by atoms with Crippen LogP contribution in [0.4, 0.5) is 4.39 Å². The summed E-state index contributed by atoms with van der Waals surface area (Å²) in [5, 5.41) is 21.0. The second-order valence-electron chi connectivity index (χ2n) is 8.16. The molecule has 3 aromatic rings. The predicted octanol–water partition coefficient (Wildman–Crippen LogP) is 1.48. The molecule has 148 valence electrons. The van der Waals surface area contributed by atoms with Crippen molar-refractivity contribution in [3.05, 3.63) is 29.8 Å². The van der Waals surface area contributed by atoms with Crippen LogP contribution in [0.25, 0.3) is 11.0 Å². The molecule has 1 aliphatic carbocycles. The molecule has 0 radical (unpaired) electrons. The van der Waals surface area contributed by atoms with Gasteiger partial charge >= 0.3 is 0 Å². The van der Waals surface area contributed by atoms with Crippen molar-refractivity contribution in [2.75, 3.05) is 13.1 Å². The highest BCUT2D eigenvalue weighted by Gasteiger charge is 2.28. The monoisotopic (exact) mass is 385 g/mol. The molecule has 0 spiro atoms. The molecule has 0 atom stereocenters. The first kappa shape index (κ1) is 17.7. The number of hydrogen-bond donors (Lipinski definition) is 1. The number of tetrazole rings is 1. The molecule has 0 unspecified atom stereocenters. The van der Waals surface area contributed by atoms with Gasteiger partial charge in [-0.05, 0) is 35.4 Å². The molecule has 1 aliphatic heterocycles. The van der Waals surface area contributed by atoms with Crippen molar-refractivity contribution in [3.63, 3.8) is 0 Å². The first-order valence-electron chi connectivity index (χ1n) is 10.4. The summed E-state index contributed by atoms with van der Waals surface area (Å²) in [6, 6.07) is 5.49. The first-order valence-corrected chi connectivity index (χ1v) is 10.4. The SMILES string of the molecule is Fc1ccc2c(c1)nnn2C1CC[NH+](Cc2nnnn2C2CCCCC2)CC1. The minimum Gasteiger partial charge on any atom is -0.328 e. The van der Waals surface area contributed by atoms with E-state index >= 15 is 0 Å². The van der Waals surface area contributed by atoms with Crippen molar-refractivity contribution < 1.29 is 9.29 Å². The smallest absolute Gasteiger partial charge is 0.206 e. The van der Waals surface area contributed by atoms with Crippen molar-refractivity contribution in [1.82, 2.24) is 35.2 Å². The lowest BCUT2D eigenvalue weighted by atomic mass is 9.95. The molecule has 9 heteroatoms. The van der Waals surface area contributed by atoms with Gasteiger partial charge in [0, 0.05) is 18.9 Å². The van der Waals surface area contributed by atoms with E-state index < -0.39 is 0 Å². The molecule has 0 bridgehead atoms. The number of rotatable bonds is 4. The van der Waals surface area contributed by atoms with E-state index in [2.05, 4.69) is 30.5 Å². The quantitative estimate of drug-likeness (QED) is 0.736. The van der Waals surface area contributed by atoms with Gasteiger partial charge in [-0.2, -0.15) is 0 Å². The van der Waals surface area contributed by atoms with Crippen LogP contribution in [-0.2, 0) is 6.54 Å². The molecule has 1 N–H and O–H groups in total. The van der Waals surface area contributed by atoms with Gasteiger partial charge in [-0.3, -0.25) is 0 Å². The molecule has 2 aliphatic rings. The summed E-state index contributed by atoms with van der Waals surface area (Å²) in [4.78, 5) is 1.51. The summed E-state index contributed by atoms with van der Waals surface area (Å²) in [5.74, 6) is 0.747. The van der Waals surface area contributed by atoms with Gasteiger partial charge in [0.1, 0.15) is 17.9 Å². The van der Waals surface area contributed by atoms with Crippen LogP contribution in [0.1, 0.15) is 62.9 Å². The second-order valence-corrected chi connectivity index (χ2v) is 8.16. The van der Waals surface area contributed by atoms with Crippen molar-refractivity contribution in [3.8, 4) is 0 Å². The normalized spacial score (nSPS) is 24.0. The van der Waals surface area contributed by atoms with Crippen molar-refractivity contribution in [2.24, 2.45) is 0 Å². The Labute approximate surface area is 162 Å². The number of benzene rings is 1. The summed E-state index contributed by atoms with van der Waals surface area (Å²) in [7, 11) is 0. The van der Waals surface area contributed by atoms with Gasteiger partial charge in [0.05, 0.1) is 30.7 Å². The number of quaternary nitrogens is 1. The van der Waals surface area contributed by atoms with Crippen molar-refractivity contribution >= 4 is 11.0 Å². The maximum Gasteiger partial charge on any atom is 0.206 e. The highest BCUT2D eigenvalue weighted by molar-refractivity contribution is 5.74. The van der Waals surface area contributed by atoms with Gasteiger partial charge in [0.2, 0.25) is 5.82 Å². The number of halogens is 1. The van der Waals surface area contributed by atoms with Gasteiger partial charge in [-0.1, -0.05) is 24.5 Å². The Morgan fingerprint density at radius 3 is 2.54 bits per heavy atom. The van der Waals surface area contributed by atoms with Crippen molar-refractivity contribution in [2.45, 2.75) is 63.6 Å². The minimum absolute atomic E-state index is 0.269. The molecule has 1 saturated heterocycles. The first-order chi connectivity index (χ1) is 13.8. The Hall–Kier alpha value is -2.42. The molecule has 2 aromatic heterocycles. The average Bonchev–Trinajstić information content (AvgIpc) is 3.36. The van der Waals surface area contributed by atoms with E-state index in [1.54, 1.807) is 6.07 Å². The number of likely N-dealkylation sites (tertiary alicyclic amines) is 1. The Kier molecular flexibility index (Phi) is 4.76. The van der Waals surface area contributed by atoms with Gasteiger partial charge < -0.3 is 4.90 Å². The van der Waals surface area contributed by atoms with E-state index in [0.29, 0.717) is 17.6 Å². The summed E-state index contributed by atoms with van der Waals surface area (Å²) < 4.78 is 17.4. The zero-order chi connectivity index (χ0) is 18.9. The van der Waals surface area contributed by atoms with E-state index in [1.807, 2.05) is 4.68 Å². The van der Waals surface area contributed by atoms with Gasteiger partial charge in [0.15, 0.2) is 0 Å². The number of nitrogens with zero attached hydrogens (tertiary/aromatic N) is 7. The maximum absolute atomic E-state index is 13.4. The van der Waals surface area contributed by atoms with E-state index in [0.717, 1.165) is 43.8 Å². The molecular formula is C19H26FN8+. The number of piperidine rings is 1. The lowest BCUT2D eigenvalue weighted by molar-refractivity contribution is -0.920. The van der Waals surface area contributed by atoms with Gasteiger partial charge in [-0.25, -0.2) is 13.8 Å². The number of nitrogens with one attached hydrogen (secondary N) is 1. The fourth-order valence-corrected chi connectivity index (χ4v) is 4.78. The van der Waals surface area contributed by atoms with Crippen LogP contribution in [0.2, 0.25) is 0 Å². The third-order valence-corrected chi connectivity index (χ3v) is 6.33. The Balaban J connectivity index is 1.24. The molecule has 1 aromatic carbocycles. The lowest BCUT2D eigenvalue weighted by Gasteiger charge is -2.29.